The van der Waals surface area contributed by atoms with Gasteiger partial charge in [0.1, 0.15) is 23.0 Å². The number of nitriles is 1. The summed E-state index contributed by atoms with van der Waals surface area (Å²) in [5.74, 6) is 0.582. The Morgan fingerprint density at radius 2 is 2.15 bits per heavy atom. The summed E-state index contributed by atoms with van der Waals surface area (Å²) in [5.41, 5.74) is 2.26. The normalized spacial score (nSPS) is 16.7. The molecule has 10 nitrogen and oxygen atoms in total. The molecule has 1 aliphatic carbocycles. The maximum atomic E-state index is 12.9. The topological polar surface area (TPSA) is 137 Å². The van der Waals surface area contributed by atoms with Crippen LogP contribution in [-0.4, -0.2) is 62.4 Å². The highest BCUT2D eigenvalue weighted by atomic mass is 16.5. The Bertz CT molecular complexity index is 1250. The predicted molar refractivity (Wildman–Crippen MR) is 118 cm³/mol. The molecule has 10 heteroatoms. The van der Waals surface area contributed by atoms with Crippen LogP contribution in [0.4, 0.5) is 0 Å². The zero-order chi connectivity index (χ0) is 22.9. The molecule has 0 aromatic carbocycles. The van der Waals surface area contributed by atoms with Crippen LogP contribution in [-0.2, 0) is 4.79 Å². The highest BCUT2D eigenvalue weighted by Crippen LogP contribution is 2.30. The van der Waals surface area contributed by atoms with E-state index in [1.807, 2.05) is 12.1 Å². The van der Waals surface area contributed by atoms with Gasteiger partial charge in [0.15, 0.2) is 5.65 Å². The molecule has 33 heavy (non-hydrogen) atoms. The van der Waals surface area contributed by atoms with Crippen LogP contribution in [0.3, 0.4) is 0 Å². The molecule has 2 aliphatic rings. The summed E-state index contributed by atoms with van der Waals surface area (Å²) in [4.78, 5) is 43.2. The first kappa shape index (κ1) is 20.9. The number of amides is 2. The maximum absolute atomic E-state index is 12.9. The van der Waals surface area contributed by atoms with Gasteiger partial charge in [0.2, 0.25) is 5.91 Å². The van der Waals surface area contributed by atoms with Gasteiger partial charge < -0.3 is 19.9 Å². The van der Waals surface area contributed by atoms with Crippen LogP contribution in [0.2, 0.25) is 0 Å². The average molecular weight is 445 g/mol. The van der Waals surface area contributed by atoms with Crippen molar-refractivity contribution in [1.29, 1.82) is 5.26 Å². The first-order valence-electron chi connectivity index (χ1n) is 10.9. The molecule has 5 rings (SSSR count). The average Bonchev–Trinajstić information content (AvgIpc) is 3.53. The number of aromatic nitrogens is 4. The Labute approximate surface area is 190 Å². The second kappa shape index (κ2) is 8.50. The Morgan fingerprint density at radius 3 is 2.91 bits per heavy atom. The molecule has 2 fully saturated rings. The van der Waals surface area contributed by atoms with Gasteiger partial charge in [-0.3, -0.25) is 14.6 Å². The Morgan fingerprint density at radius 1 is 1.33 bits per heavy atom. The molecule has 0 radical (unpaired) electrons. The van der Waals surface area contributed by atoms with E-state index < -0.39 is 11.9 Å². The van der Waals surface area contributed by atoms with Gasteiger partial charge in [-0.2, -0.15) is 5.26 Å². The van der Waals surface area contributed by atoms with Gasteiger partial charge in [-0.1, -0.05) is 0 Å². The van der Waals surface area contributed by atoms with Crippen molar-refractivity contribution < 1.29 is 14.3 Å². The van der Waals surface area contributed by atoms with E-state index in [0.717, 1.165) is 5.75 Å². The Hall–Kier alpha value is -4.00. The smallest absolute Gasteiger partial charge is 0.255 e. The van der Waals surface area contributed by atoms with Crippen molar-refractivity contribution in [2.75, 3.05) is 19.7 Å². The van der Waals surface area contributed by atoms with E-state index in [-0.39, 0.29) is 11.8 Å². The number of likely N-dealkylation sites (tertiary alicyclic amines) is 1. The number of hydrogen-bond donors (Lipinski definition) is 2. The van der Waals surface area contributed by atoms with Crippen LogP contribution < -0.4 is 10.1 Å². The van der Waals surface area contributed by atoms with Gasteiger partial charge in [-0.05, 0) is 31.7 Å². The number of hydrogen-bond acceptors (Lipinski definition) is 7. The van der Waals surface area contributed by atoms with Gasteiger partial charge in [-0.15, -0.1) is 0 Å². The lowest BCUT2D eigenvalue weighted by molar-refractivity contribution is -0.137. The van der Waals surface area contributed by atoms with E-state index in [9.17, 15) is 9.59 Å². The van der Waals surface area contributed by atoms with Crippen LogP contribution in [0.15, 0.2) is 30.7 Å². The molecule has 1 saturated carbocycles. The molecule has 0 unspecified atom stereocenters. The second-order valence-electron chi connectivity index (χ2n) is 8.55. The van der Waals surface area contributed by atoms with Gasteiger partial charge in [-0.25, -0.2) is 9.97 Å². The van der Waals surface area contributed by atoms with Crippen molar-refractivity contribution in [2.45, 2.75) is 25.8 Å². The number of carbonyl (C=O) groups excluding carboxylic acids is 2. The Kier molecular flexibility index (Phi) is 5.38. The minimum Gasteiger partial charge on any atom is -0.493 e. The third-order valence-electron chi connectivity index (χ3n) is 5.90. The first-order chi connectivity index (χ1) is 16.0. The fraction of sp³-hybridized carbons (Fsp3) is 0.391. The van der Waals surface area contributed by atoms with E-state index in [0.29, 0.717) is 53.7 Å². The molecule has 2 N–H and O–H groups in total. The van der Waals surface area contributed by atoms with Crippen LogP contribution in [0, 0.1) is 23.2 Å². The number of ether oxygens (including phenoxy) is 1. The predicted octanol–water partition coefficient (Wildman–Crippen LogP) is 1.91. The molecule has 1 aliphatic heterocycles. The number of carbonyl (C=O) groups is 2. The summed E-state index contributed by atoms with van der Waals surface area (Å²) in [7, 11) is 0. The van der Waals surface area contributed by atoms with Gasteiger partial charge in [0.05, 0.1) is 36.0 Å². The van der Waals surface area contributed by atoms with Gasteiger partial charge in [0.25, 0.3) is 5.91 Å². The van der Waals surface area contributed by atoms with E-state index in [1.165, 1.54) is 19.0 Å². The zero-order valence-corrected chi connectivity index (χ0v) is 18.1. The third kappa shape index (κ3) is 4.35. The zero-order valence-electron chi connectivity index (χ0n) is 18.1. The largest absolute Gasteiger partial charge is 0.493 e. The SMILES string of the molecule is C[C@@H](NC(=O)c1c[nH]c2ncc(-c3cc(OCC4CC4)ccn3)nc12)C(=O)N1CC(C#N)C1. The second-order valence-corrected chi connectivity index (χ2v) is 8.55. The molecule has 1 saturated heterocycles. The summed E-state index contributed by atoms with van der Waals surface area (Å²) in [6.07, 6.45) is 7.20. The number of nitrogens with zero attached hydrogens (tertiary/aromatic N) is 5. The van der Waals surface area contributed by atoms with E-state index in [4.69, 9.17) is 10.00 Å². The van der Waals surface area contributed by atoms with Crippen molar-refractivity contribution >= 4 is 23.0 Å². The minimum atomic E-state index is -0.722. The lowest BCUT2D eigenvalue weighted by atomic mass is 10.0. The quantitative estimate of drug-likeness (QED) is 0.567. The molecule has 168 valence electrons. The van der Waals surface area contributed by atoms with Crippen molar-refractivity contribution in [3.63, 3.8) is 0 Å². The molecule has 0 spiro atoms. The van der Waals surface area contributed by atoms with Gasteiger partial charge >= 0.3 is 0 Å². The molecule has 3 aromatic heterocycles. The monoisotopic (exact) mass is 445 g/mol. The van der Waals surface area contributed by atoms with Crippen molar-refractivity contribution in [3.05, 3.63) is 36.3 Å². The minimum absolute atomic E-state index is 0.134. The lowest BCUT2D eigenvalue weighted by Gasteiger charge is -2.37. The van der Waals surface area contributed by atoms with Crippen molar-refractivity contribution in [2.24, 2.45) is 11.8 Å². The lowest BCUT2D eigenvalue weighted by Crippen LogP contribution is -2.55. The number of H-pyrrole nitrogens is 1. The number of nitrogens with one attached hydrogen (secondary N) is 2. The molecule has 3 aromatic rings. The van der Waals surface area contributed by atoms with Crippen LogP contribution in [0.25, 0.3) is 22.6 Å². The summed E-state index contributed by atoms with van der Waals surface area (Å²) in [6, 6.07) is 5.03. The standard InChI is InChI=1S/C23H23N7O3/c1-13(23(32)30-10-15(7-24)11-30)28-22(31)17-8-26-21-20(17)29-19(9-27-21)18-6-16(4-5-25-18)33-12-14-2-3-14/h4-6,8-9,13-15H,2-3,10-12H2,1H3,(H,26,27)(H,28,31)/t13-/m1/s1. The van der Waals surface area contributed by atoms with Crippen molar-refractivity contribution in [3.8, 4) is 23.2 Å². The van der Waals surface area contributed by atoms with Crippen molar-refractivity contribution in [1.82, 2.24) is 30.2 Å². The molecule has 4 heterocycles. The Balaban J connectivity index is 1.32. The first-order valence-corrected chi connectivity index (χ1v) is 10.9. The van der Waals surface area contributed by atoms with E-state index in [1.54, 1.807) is 24.2 Å². The number of aromatic amines is 1. The van der Waals surface area contributed by atoms with Crippen LogP contribution >= 0.6 is 0 Å². The summed E-state index contributed by atoms with van der Waals surface area (Å²) in [5, 5.41) is 11.6. The number of pyridine rings is 1. The highest BCUT2D eigenvalue weighted by Gasteiger charge is 2.33. The molecular weight excluding hydrogens is 422 g/mol. The number of rotatable bonds is 7. The summed E-state index contributed by atoms with van der Waals surface area (Å²) < 4.78 is 5.83. The molecule has 2 amide bonds. The fourth-order valence-electron chi connectivity index (χ4n) is 3.68. The van der Waals surface area contributed by atoms with E-state index >= 15 is 0 Å². The number of fused-ring (bicyclic) bond motifs is 1. The maximum Gasteiger partial charge on any atom is 0.255 e. The summed E-state index contributed by atoms with van der Waals surface area (Å²) >= 11 is 0. The summed E-state index contributed by atoms with van der Waals surface area (Å²) in [6.45, 7) is 3.12. The third-order valence-corrected chi connectivity index (χ3v) is 5.90. The fourth-order valence-corrected chi connectivity index (χ4v) is 3.68. The highest BCUT2D eigenvalue weighted by molar-refractivity contribution is 6.06. The molecule has 1 atom stereocenters. The molecular formula is C23H23N7O3. The molecule has 0 bridgehead atoms. The van der Waals surface area contributed by atoms with Gasteiger partial charge in [0, 0.05) is 31.5 Å². The van der Waals surface area contributed by atoms with Crippen LogP contribution in [0.5, 0.6) is 5.75 Å². The van der Waals surface area contributed by atoms with Crippen LogP contribution in [0.1, 0.15) is 30.1 Å². The van der Waals surface area contributed by atoms with E-state index in [2.05, 4.69) is 31.3 Å².